The molecule has 1 heterocycles. The van der Waals surface area contributed by atoms with Gasteiger partial charge in [0, 0.05) is 12.6 Å². The third-order valence-electron chi connectivity index (χ3n) is 4.51. The number of carbonyl (C=O) groups excluding carboxylic acids is 1. The Balaban J connectivity index is 0.000000235. The average Bonchev–Trinajstić information content (AvgIpc) is 3.23. The van der Waals surface area contributed by atoms with Gasteiger partial charge in [0.25, 0.3) is 0 Å². The van der Waals surface area contributed by atoms with Gasteiger partial charge in [0.2, 0.25) is 5.89 Å². The number of fused-ring (bicyclic) bond motifs is 1. The molecule has 0 unspecified atom stereocenters. The minimum absolute atomic E-state index is 0.0797. The van der Waals surface area contributed by atoms with Gasteiger partial charge in [-0.05, 0) is 47.5 Å². The van der Waals surface area contributed by atoms with Crippen LogP contribution in [0.5, 0.6) is 0 Å². The van der Waals surface area contributed by atoms with E-state index in [1.54, 1.807) is 61.6 Å². The Labute approximate surface area is 188 Å². The lowest BCUT2D eigenvalue weighted by molar-refractivity contribution is -0.136. The molecule has 168 valence electrons. The van der Waals surface area contributed by atoms with E-state index in [2.05, 4.69) is 10.3 Å². The molecule has 0 radical (unpaired) electrons. The topological polar surface area (TPSA) is 92.4 Å². The summed E-state index contributed by atoms with van der Waals surface area (Å²) in [6, 6.07) is 18.5. The van der Waals surface area contributed by atoms with Gasteiger partial charge in [-0.2, -0.15) is 0 Å². The number of anilines is 1. The molecule has 0 aliphatic carbocycles. The third kappa shape index (κ3) is 6.33. The minimum Gasteiger partial charge on any atom is -0.481 e. The zero-order valence-electron chi connectivity index (χ0n) is 17.6. The van der Waals surface area contributed by atoms with Crippen LogP contribution in [0.25, 0.3) is 28.6 Å². The highest BCUT2D eigenvalue weighted by Crippen LogP contribution is 2.27. The molecule has 0 atom stereocenters. The molecular weight excluding hydrogens is 430 g/mol. The predicted molar refractivity (Wildman–Crippen MR) is 122 cm³/mol. The molecule has 0 bridgehead atoms. The summed E-state index contributed by atoms with van der Waals surface area (Å²) in [7, 11) is 1.64. The van der Waals surface area contributed by atoms with Crippen molar-refractivity contribution in [3.8, 4) is 11.5 Å². The van der Waals surface area contributed by atoms with E-state index in [1.807, 2.05) is 6.07 Å². The fraction of sp³-hybridized carbons (Fsp3) is 0.0800. The molecule has 4 rings (SSSR count). The summed E-state index contributed by atoms with van der Waals surface area (Å²) in [6.45, 7) is 0. The van der Waals surface area contributed by atoms with Crippen molar-refractivity contribution in [1.29, 1.82) is 0 Å². The Morgan fingerprint density at radius 2 is 1.88 bits per heavy atom. The van der Waals surface area contributed by atoms with Gasteiger partial charge in [-0.25, -0.2) is 13.8 Å². The van der Waals surface area contributed by atoms with Crippen molar-refractivity contribution >= 4 is 35.1 Å². The first-order chi connectivity index (χ1) is 15.9. The molecule has 6 nitrogen and oxygen atoms in total. The van der Waals surface area contributed by atoms with E-state index in [9.17, 15) is 18.4 Å². The van der Waals surface area contributed by atoms with Crippen LogP contribution >= 0.6 is 0 Å². The molecule has 2 N–H and O–H groups in total. The maximum atomic E-state index is 13.8. The van der Waals surface area contributed by atoms with Crippen LogP contribution in [0.3, 0.4) is 0 Å². The van der Waals surface area contributed by atoms with Gasteiger partial charge < -0.3 is 14.8 Å². The second-order valence-electron chi connectivity index (χ2n) is 6.89. The van der Waals surface area contributed by atoms with Crippen molar-refractivity contribution < 1.29 is 27.9 Å². The summed E-state index contributed by atoms with van der Waals surface area (Å²) in [5.74, 6) is -1.76. The number of benzene rings is 3. The number of rotatable bonds is 6. The lowest BCUT2D eigenvalue weighted by atomic mass is 10.1. The van der Waals surface area contributed by atoms with E-state index in [-0.39, 0.29) is 12.7 Å². The highest BCUT2D eigenvalue weighted by molar-refractivity contribution is 5.79. The van der Waals surface area contributed by atoms with Crippen molar-refractivity contribution in [3.05, 3.63) is 89.5 Å². The third-order valence-corrected chi connectivity index (χ3v) is 4.51. The maximum Gasteiger partial charge on any atom is 0.307 e. The van der Waals surface area contributed by atoms with Crippen LogP contribution in [-0.4, -0.2) is 29.4 Å². The van der Waals surface area contributed by atoms with Crippen LogP contribution in [-0.2, 0) is 16.0 Å². The summed E-state index contributed by atoms with van der Waals surface area (Å²) in [4.78, 5) is 24.9. The molecular formula is C25H20F2N2O4. The largest absolute Gasteiger partial charge is 0.481 e. The van der Waals surface area contributed by atoms with E-state index in [1.165, 1.54) is 12.1 Å². The predicted octanol–water partition coefficient (Wildman–Crippen LogP) is 5.50. The van der Waals surface area contributed by atoms with Crippen LogP contribution in [0, 0.1) is 5.82 Å². The van der Waals surface area contributed by atoms with Gasteiger partial charge in [-0.1, -0.05) is 36.4 Å². The number of hydrogen-bond acceptors (Lipinski definition) is 5. The zero-order valence-corrected chi connectivity index (χ0v) is 17.6. The van der Waals surface area contributed by atoms with Gasteiger partial charge >= 0.3 is 5.97 Å². The van der Waals surface area contributed by atoms with E-state index >= 15 is 0 Å². The quantitative estimate of drug-likeness (QED) is 0.298. The summed E-state index contributed by atoms with van der Waals surface area (Å²) in [5, 5.41) is 11.6. The molecule has 0 saturated heterocycles. The number of carboxylic acids is 1. The summed E-state index contributed by atoms with van der Waals surface area (Å²) >= 11 is 0. The van der Waals surface area contributed by atoms with Gasteiger partial charge in [0.1, 0.15) is 11.3 Å². The van der Waals surface area contributed by atoms with Crippen molar-refractivity contribution in [1.82, 2.24) is 4.98 Å². The summed E-state index contributed by atoms with van der Waals surface area (Å²) in [6.07, 6.45) is 1.30. The lowest BCUT2D eigenvalue weighted by Crippen LogP contribution is -1.99. The van der Waals surface area contributed by atoms with Crippen molar-refractivity contribution in [3.63, 3.8) is 0 Å². The molecule has 0 aliphatic heterocycles. The first-order valence-corrected chi connectivity index (χ1v) is 9.86. The van der Waals surface area contributed by atoms with Crippen LogP contribution in [0.15, 0.2) is 77.0 Å². The van der Waals surface area contributed by atoms with Crippen LogP contribution in [0.4, 0.5) is 14.5 Å². The van der Waals surface area contributed by atoms with Crippen molar-refractivity contribution in [2.24, 2.45) is 0 Å². The van der Waals surface area contributed by atoms with Crippen molar-refractivity contribution in [2.75, 3.05) is 12.4 Å². The molecule has 0 saturated carbocycles. The molecule has 4 aromatic rings. The number of halogens is 2. The number of carboxylic acid groups (broad SMARTS) is 1. The number of carbonyl (C=O) groups is 2. The number of nitrogens with zero attached hydrogens (tertiary/aromatic N) is 1. The van der Waals surface area contributed by atoms with E-state index in [4.69, 9.17) is 9.52 Å². The Kier molecular flexibility index (Phi) is 7.64. The summed E-state index contributed by atoms with van der Waals surface area (Å²) < 4.78 is 31.7. The molecule has 0 amide bonds. The fourth-order valence-electron chi connectivity index (χ4n) is 2.97. The number of oxazole rings is 1. The van der Waals surface area contributed by atoms with Crippen molar-refractivity contribution in [2.45, 2.75) is 6.42 Å². The molecule has 8 heteroatoms. The first kappa shape index (κ1) is 23.3. The lowest BCUT2D eigenvalue weighted by Gasteiger charge is -2.02. The molecule has 0 aliphatic rings. The Morgan fingerprint density at radius 1 is 1.12 bits per heavy atom. The fourth-order valence-corrected chi connectivity index (χ4v) is 2.97. The SMILES string of the molecule is CNc1ccc(-c2nc3cc(CC(=O)O)ccc3o2)cc1F.O=C/C(F)=C/c1ccccc1. The normalized spacial score (nSPS) is 10.9. The van der Waals surface area contributed by atoms with Gasteiger partial charge in [-0.3, -0.25) is 9.59 Å². The average molecular weight is 450 g/mol. The molecule has 1 aromatic heterocycles. The molecule has 33 heavy (non-hydrogen) atoms. The number of aldehydes is 1. The highest BCUT2D eigenvalue weighted by Gasteiger charge is 2.12. The van der Waals surface area contributed by atoms with E-state index < -0.39 is 17.6 Å². The number of hydrogen-bond donors (Lipinski definition) is 2. The Hall–Kier alpha value is -4.33. The highest BCUT2D eigenvalue weighted by atomic mass is 19.1. The van der Waals surface area contributed by atoms with Crippen LogP contribution < -0.4 is 5.32 Å². The number of nitrogens with one attached hydrogen (secondary N) is 1. The Bertz CT molecular complexity index is 1300. The minimum atomic E-state index is -0.909. The van der Waals surface area contributed by atoms with Gasteiger partial charge in [-0.15, -0.1) is 0 Å². The van der Waals surface area contributed by atoms with E-state index in [0.717, 1.165) is 0 Å². The van der Waals surface area contributed by atoms with E-state index in [0.29, 0.717) is 39.4 Å². The second-order valence-corrected chi connectivity index (χ2v) is 6.89. The van der Waals surface area contributed by atoms with Gasteiger partial charge in [0.05, 0.1) is 12.1 Å². The number of aliphatic carboxylic acids is 1. The number of allylic oxidation sites excluding steroid dienone is 1. The second kappa shape index (κ2) is 10.8. The first-order valence-electron chi connectivity index (χ1n) is 9.86. The smallest absolute Gasteiger partial charge is 0.307 e. The molecule has 3 aromatic carbocycles. The maximum absolute atomic E-state index is 13.8. The standard InChI is InChI=1S/C16H13FN2O3.C9H7FO/c1-18-12-4-3-10(8-11(12)17)16-19-13-6-9(7-15(20)21)2-5-14(13)22-16;10-9(7-11)6-8-4-2-1-3-5-8/h2-6,8,18H,7H2,1H3,(H,20,21);1-7H/b;9-6-. The summed E-state index contributed by atoms with van der Waals surface area (Å²) in [5.41, 5.74) is 3.32. The molecule has 0 spiro atoms. The molecule has 0 fully saturated rings. The Morgan fingerprint density at radius 3 is 2.52 bits per heavy atom. The monoisotopic (exact) mass is 450 g/mol. The van der Waals surface area contributed by atoms with Crippen LogP contribution in [0.1, 0.15) is 11.1 Å². The van der Waals surface area contributed by atoms with Gasteiger partial charge in [0.15, 0.2) is 17.7 Å². The number of aromatic nitrogens is 1. The zero-order chi connectivity index (χ0) is 23.8. The van der Waals surface area contributed by atoms with Crippen LogP contribution in [0.2, 0.25) is 0 Å².